The Hall–Kier alpha value is -1.28. The first-order valence-corrected chi connectivity index (χ1v) is 7.26. The molecule has 1 unspecified atom stereocenters. The number of thioether (sulfide) groups is 1. The zero-order chi connectivity index (χ0) is 12.1. The molecular weight excluding hydrogens is 226 g/mol. The van der Waals surface area contributed by atoms with Crippen molar-refractivity contribution in [3.8, 4) is 11.1 Å². The fourth-order valence-corrected chi connectivity index (χ4v) is 2.54. The van der Waals surface area contributed by atoms with Crippen LogP contribution in [0.2, 0.25) is 0 Å². The number of rotatable bonds is 4. The van der Waals surface area contributed by atoms with E-state index in [1.165, 1.54) is 11.1 Å². The van der Waals surface area contributed by atoms with Gasteiger partial charge in [-0.1, -0.05) is 30.3 Å². The predicted molar refractivity (Wildman–Crippen MR) is 75.2 cm³/mol. The Balaban J connectivity index is 2.19. The topological polar surface area (TPSA) is 3.88 Å². The third-order valence-corrected chi connectivity index (χ3v) is 3.69. The van der Waals surface area contributed by atoms with E-state index in [2.05, 4.69) is 66.5 Å². The Morgan fingerprint density at radius 2 is 1.59 bits per heavy atom. The van der Waals surface area contributed by atoms with Crippen LogP contribution in [0.25, 0.3) is 11.1 Å². The van der Waals surface area contributed by atoms with E-state index in [4.69, 9.17) is 0 Å². The molecule has 1 aromatic heterocycles. The van der Waals surface area contributed by atoms with Crippen LogP contribution in [-0.4, -0.2) is 12.0 Å². The fraction of sp³-hybridized carbons (Fsp3) is 0.267. The van der Waals surface area contributed by atoms with Gasteiger partial charge in [0.25, 0.3) is 0 Å². The summed E-state index contributed by atoms with van der Waals surface area (Å²) in [7, 11) is 0. The molecule has 17 heavy (non-hydrogen) atoms. The minimum absolute atomic E-state index is 0.551. The molecule has 0 N–H and O–H groups in total. The maximum absolute atomic E-state index is 2.27. The molecule has 0 aliphatic carbocycles. The minimum atomic E-state index is 0.551. The van der Waals surface area contributed by atoms with Crippen LogP contribution in [0.5, 0.6) is 0 Å². The molecule has 0 saturated heterocycles. The number of aromatic nitrogens is 1. The first-order valence-electron chi connectivity index (χ1n) is 5.86. The minimum Gasteiger partial charge on any atom is -0.202 e. The monoisotopic (exact) mass is 244 g/mol. The lowest BCUT2D eigenvalue weighted by Gasteiger charge is -2.06. The van der Waals surface area contributed by atoms with E-state index in [9.17, 15) is 0 Å². The van der Waals surface area contributed by atoms with Crippen molar-refractivity contribution < 1.29 is 4.57 Å². The second kappa shape index (κ2) is 5.87. The van der Waals surface area contributed by atoms with Crippen molar-refractivity contribution in [3.63, 3.8) is 0 Å². The molecule has 0 aliphatic rings. The van der Waals surface area contributed by atoms with Gasteiger partial charge in [-0.25, -0.2) is 4.57 Å². The highest BCUT2D eigenvalue weighted by Crippen LogP contribution is 2.17. The van der Waals surface area contributed by atoms with Gasteiger partial charge in [0.2, 0.25) is 0 Å². The number of nitrogens with zero attached hydrogens (tertiary/aromatic N) is 1. The van der Waals surface area contributed by atoms with Gasteiger partial charge in [0, 0.05) is 12.1 Å². The number of benzene rings is 1. The normalized spacial score (nSPS) is 12.4. The zero-order valence-corrected chi connectivity index (χ0v) is 11.2. The molecule has 0 bridgehead atoms. The van der Waals surface area contributed by atoms with Crippen LogP contribution in [0.3, 0.4) is 0 Å². The maximum atomic E-state index is 2.27. The van der Waals surface area contributed by atoms with E-state index >= 15 is 0 Å². The summed E-state index contributed by atoms with van der Waals surface area (Å²) in [6.07, 6.45) is 6.49. The molecule has 1 aromatic carbocycles. The second-order valence-electron chi connectivity index (χ2n) is 4.20. The molecule has 1 heterocycles. The van der Waals surface area contributed by atoms with Crippen LogP contribution in [0.15, 0.2) is 54.9 Å². The average Bonchev–Trinajstić information content (AvgIpc) is 2.40. The summed E-state index contributed by atoms with van der Waals surface area (Å²) in [5.41, 5.74) is 2.55. The molecule has 2 aromatic rings. The fourth-order valence-electron chi connectivity index (χ4n) is 1.88. The molecule has 0 saturated carbocycles. The molecule has 88 valence electrons. The summed E-state index contributed by atoms with van der Waals surface area (Å²) in [6.45, 7) is 2.25. The quantitative estimate of drug-likeness (QED) is 0.744. The SMILES string of the molecule is CSCC(C)[n+]1ccc(-c2ccccc2)cc1. The van der Waals surface area contributed by atoms with Gasteiger partial charge in [-0.05, 0) is 24.3 Å². The molecule has 0 fully saturated rings. The van der Waals surface area contributed by atoms with Gasteiger partial charge in [0.15, 0.2) is 18.4 Å². The van der Waals surface area contributed by atoms with Crippen LogP contribution in [0, 0.1) is 0 Å². The van der Waals surface area contributed by atoms with Crippen molar-refractivity contribution in [2.45, 2.75) is 13.0 Å². The van der Waals surface area contributed by atoms with Crippen molar-refractivity contribution in [2.75, 3.05) is 12.0 Å². The highest BCUT2D eigenvalue weighted by Gasteiger charge is 2.10. The van der Waals surface area contributed by atoms with Gasteiger partial charge in [0.1, 0.15) is 0 Å². The molecule has 0 aliphatic heterocycles. The Kier molecular flexibility index (Phi) is 4.21. The Morgan fingerprint density at radius 1 is 1.00 bits per heavy atom. The Labute approximate surface area is 108 Å². The van der Waals surface area contributed by atoms with Crippen LogP contribution < -0.4 is 4.57 Å². The van der Waals surface area contributed by atoms with E-state index in [0.717, 1.165) is 5.75 Å². The molecule has 1 atom stereocenters. The Bertz CT molecular complexity index is 450. The van der Waals surface area contributed by atoms with Crippen molar-refractivity contribution in [2.24, 2.45) is 0 Å². The van der Waals surface area contributed by atoms with Gasteiger partial charge in [-0.15, -0.1) is 0 Å². The van der Waals surface area contributed by atoms with Gasteiger partial charge >= 0.3 is 0 Å². The largest absolute Gasteiger partial charge is 0.202 e. The lowest BCUT2D eigenvalue weighted by atomic mass is 10.1. The summed E-state index contributed by atoms with van der Waals surface area (Å²) in [5.74, 6) is 1.15. The summed E-state index contributed by atoms with van der Waals surface area (Å²) in [4.78, 5) is 0. The standard InChI is InChI=1S/C15H18NS/c1-13(12-17-2)16-10-8-15(9-11-16)14-6-4-3-5-7-14/h3-11,13H,12H2,1-2H3/q+1. The summed E-state index contributed by atoms with van der Waals surface area (Å²) < 4.78 is 2.27. The molecule has 0 radical (unpaired) electrons. The van der Waals surface area contributed by atoms with Crippen LogP contribution in [-0.2, 0) is 0 Å². The average molecular weight is 244 g/mol. The summed E-state index contributed by atoms with van der Waals surface area (Å²) in [5, 5.41) is 0. The lowest BCUT2D eigenvalue weighted by molar-refractivity contribution is -0.714. The molecule has 0 spiro atoms. The van der Waals surface area contributed by atoms with E-state index in [1.54, 1.807) is 0 Å². The number of hydrogen-bond donors (Lipinski definition) is 0. The van der Waals surface area contributed by atoms with E-state index in [0.29, 0.717) is 6.04 Å². The van der Waals surface area contributed by atoms with Gasteiger partial charge in [-0.2, -0.15) is 11.8 Å². The van der Waals surface area contributed by atoms with E-state index in [-0.39, 0.29) is 0 Å². The van der Waals surface area contributed by atoms with Crippen molar-refractivity contribution in [3.05, 3.63) is 54.9 Å². The van der Waals surface area contributed by atoms with Crippen molar-refractivity contribution in [1.82, 2.24) is 0 Å². The van der Waals surface area contributed by atoms with Crippen molar-refractivity contribution in [1.29, 1.82) is 0 Å². The molecule has 2 heteroatoms. The van der Waals surface area contributed by atoms with Gasteiger partial charge < -0.3 is 0 Å². The second-order valence-corrected chi connectivity index (χ2v) is 5.12. The molecular formula is C15H18NS+. The third kappa shape index (κ3) is 3.10. The smallest absolute Gasteiger partial charge is 0.169 e. The predicted octanol–water partition coefficient (Wildman–Crippen LogP) is 3.57. The van der Waals surface area contributed by atoms with Crippen molar-refractivity contribution >= 4 is 11.8 Å². The first kappa shape index (κ1) is 12.2. The lowest BCUT2D eigenvalue weighted by Crippen LogP contribution is -2.38. The van der Waals surface area contributed by atoms with E-state index < -0.39 is 0 Å². The molecule has 0 amide bonds. The number of hydrogen-bond acceptors (Lipinski definition) is 1. The number of pyridine rings is 1. The highest BCUT2D eigenvalue weighted by molar-refractivity contribution is 7.98. The molecule has 2 rings (SSSR count). The first-order chi connectivity index (χ1) is 8.31. The van der Waals surface area contributed by atoms with Gasteiger partial charge in [-0.3, -0.25) is 0 Å². The van der Waals surface area contributed by atoms with Crippen LogP contribution in [0.4, 0.5) is 0 Å². The Morgan fingerprint density at radius 3 is 2.18 bits per heavy atom. The zero-order valence-electron chi connectivity index (χ0n) is 10.3. The van der Waals surface area contributed by atoms with E-state index in [1.807, 2.05) is 17.8 Å². The van der Waals surface area contributed by atoms with Gasteiger partial charge in [0.05, 0.1) is 5.75 Å². The molecule has 1 nitrogen and oxygen atoms in total. The highest BCUT2D eigenvalue weighted by atomic mass is 32.2. The van der Waals surface area contributed by atoms with Crippen LogP contribution >= 0.6 is 11.8 Å². The summed E-state index contributed by atoms with van der Waals surface area (Å²) in [6, 6.07) is 15.4. The van der Waals surface area contributed by atoms with Crippen LogP contribution in [0.1, 0.15) is 13.0 Å². The summed E-state index contributed by atoms with van der Waals surface area (Å²) >= 11 is 1.88. The maximum Gasteiger partial charge on any atom is 0.169 e. The third-order valence-electron chi connectivity index (χ3n) is 2.88.